The minimum atomic E-state index is -3.80. The van der Waals surface area contributed by atoms with E-state index in [1.165, 1.54) is 23.2 Å². The Bertz CT molecular complexity index is 1950. The molecule has 3 N–H and O–H groups in total. The third kappa shape index (κ3) is 4.08. The number of sulfone groups is 1. The smallest absolute Gasteiger partial charge is 0.292 e. The van der Waals surface area contributed by atoms with Crippen LogP contribution in [0, 0.1) is 5.21 Å². The Balaban J connectivity index is 1.30. The minimum absolute atomic E-state index is 0.0450. The van der Waals surface area contributed by atoms with E-state index >= 15 is 0 Å². The molecule has 5 aromatic rings. The van der Waals surface area contributed by atoms with Crippen molar-refractivity contribution in [1.29, 1.82) is 0 Å². The Morgan fingerprint density at radius 2 is 1.95 bits per heavy atom. The third-order valence-electron chi connectivity index (χ3n) is 8.21. The topological polar surface area (TPSA) is 197 Å². The molecule has 42 heavy (non-hydrogen) atoms. The number of amides is 1. The van der Waals surface area contributed by atoms with Crippen LogP contribution in [0.1, 0.15) is 47.9 Å². The summed E-state index contributed by atoms with van der Waals surface area (Å²) in [6, 6.07) is 4.97. The van der Waals surface area contributed by atoms with E-state index in [2.05, 4.69) is 25.4 Å². The molecule has 2 bridgehead atoms. The van der Waals surface area contributed by atoms with E-state index in [0.29, 0.717) is 46.7 Å². The second kappa shape index (κ2) is 9.34. The first kappa shape index (κ1) is 26.1. The summed E-state index contributed by atoms with van der Waals surface area (Å²) in [7, 11) is -2.02. The molecule has 216 valence electrons. The van der Waals surface area contributed by atoms with E-state index in [4.69, 9.17) is 10.7 Å². The molecule has 5 aromatic heterocycles. The fourth-order valence-electron chi connectivity index (χ4n) is 6.43. The second-order valence-electron chi connectivity index (χ2n) is 10.9. The van der Waals surface area contributed by atoms with Gasteiger partial charge in [0.05, 0.1) is 23.0 Å². The summed E-state index contributed by atoms with van der Waals surface area (Å²) in [6.45, 7) is 0. The summed E-state index contributed by atoms with van der Waals surface area (Å²) in [5, 5.41) is 29.2. The fraction of sp³-hybridized carbons (Fsp3) is 0.346. The van der Waals surface area contributed by atoms with E-state index in [0.717, 1.165) is 23.8 Å². The van der Waals surface area contributed by atoms with E-state index in [1.807, 2.05) is 4.90 Å². The van der Waals surface area contributed by atoms with Crippen LogP contribution in [0.3, 0.4) is 0 Å². The molecule has 2 aliphatic heterocycles. The van der Waals surface area contributed by atoms with Crippen LogP contribution in [-0.4, -0.2) is 77.1 Å². The number of nitrogens with one attached hydrogen (secondary N) is 1. The van der Waals surface area contributed by atoms with E-state index in [-0.39, 0.29) is 40.4 Å². The maximum Gasteiger partial charge on any atom is 0.292 e. The van der Waals surface area contributed by atoms with E-state index in [9.17, 15) is 18.4 Å². The minimum Gasteiger partial charge on any atom is -0.618 e. The number of nitrogen functional groups attached to an aromatic ring is 1. The lowest BCUT2D eigenvalue weighted by Gasteiger charge is -2.38. The highest BCUT2D eigenvalue weighted by atomic mass is 32.2. The Morgan fingerprint density at radius 1 is 1.19 bits per heavy atom. The Kier molecular flexibility index (Phi) is 5.79. The van der Waals surface area contributed by atoms with Gasteiger partial charge in [0.25, 0.3) is 5.91 Å². The van der Waals surface area contributed by atoms with Crippen molar-refractivity contribution in [1.82, 2.24) is 44.5 Å². The molecule has 2 fully saturated rings. The zero-order valence-corrected chi connectivity index (χ0v) is 23.6. The summed E-state index contributed by atoms with van der Waals surface area (Å²) in [5.74, 6) is -0.351. The highest BCUT2D eigenvalue weighted by Gasteiger charge is 2.46. The lowest BCUT2D eigenvalue weighted by Crippen LogP contribution is -2.46. The Hall–Kier alpha value is -4.86. The van der Waals surface area contributed by atoms with Crippen LogP contribution in [0.5, 0.6) is 0 Å². The largest absolute Gasteiger partial charge is 0.618 e. The van der Waals surface area contributed by atoms with Gasteiger partial charge in [-0.25, -0.2) is 13.4 Å². The molecule has 0 aromatic carbocycles. The number of hydrogen-bond donors (Lipinski definition) is 2. The summed E-state index contributed by atoms with van der Waals surface area (Å²) in [4.78, 5) is 22.6. The Labute approximate surface area is 239 Å². The summed E-state index contributed by atoms with van der Waals surface area (Å²) >= 11 is 0. The molecule has 2 saturated heterocycles. The number of aromatic amines is 1. The standard InChI is InChI=1S/C26H27N11O4S/c1-34-8-7-19(33-34)20-6-3-14(12-35(20)39)18-11-30-37-23(27)22(42(2,40)41)21(31-25(18)37)15-9-16-4-5-17(10-15)36(16)26(38)24-28-13-29-32-24/h3,6-8,11-13,15-17H,4-5,9-10,27H2,1-2H3,(H,28,29,32)/t15-,16-,17+. The molecule has 0 aliphatic carbocycles. The number of H-pyrrole nitrogens is 1. The maximum absolute atomic E-state index is 13.1. The molecule has 0 radical (unpaired) electrons. The quantitative estimate of drug-likeness (QED) is 0.221. The molecule has 3 atom stereocenters. The second-order valence-corrected chi connectivity index (χ2v) is 12.8. The van der Waals surface area contributed by atoms with Gasteiger partial charge in [0.15, 0.2) is 27.4 Å². The SMILES string of the molecule is Cn1ccc(-c2ccc(-c3cnn4c(N)c(S(C)(=O)=O)c([C@@H]5C[C@H]6CC[C@@H](C5)N6C(=O)c5nnc[nH]5)nc34)c[n+]2[O-])n1. The van der Waals surface area contributed by atoms with Gasteiger partial charge in [-0.1, -0.05) is 0 Å². The molecule has 16 heteroatoms. The van der Waals surface area contributed by atoms with Gasteiger partial charge in [-0.3, -0.25) is 9.48 Å². The number of carbonyl (C=O) groups is 1. The van der Waals surface area contributed by atoms with Crippen LogP contribution >= 0.6 is 0 Å². The molecule has 7 rings (SSSR count). The molecule has 1 amide bonds. The molecule has 0 saturated carbocycles. The van der Waals surface area contributed by atoms with Crippen molar-refractivity contribution >= 4 is 27.2 Å². The molecule has 0 spiro atoms. The van der Waals surface area contributed by atoms with Crippen LogP contribution in [0.2, 0.25) is 0 Å². The van der Waals surface area contributed by atoms with Gasteiger partial charge in [0.2, 0.25) is 11.5 Å². The van der Waals surface area contributed by atoms with Crippen LogP contribution < -0.4 is 10.5 Å². The van der Waals surface area contributed by atoms with Crippen molar-refractivity contribution in [2.24, 2.45) is 7.05 Å². The number of nitrogens with zero attached hydrogens (tertiary/aromatic N) is 9. The predicted molar refractivity (Wildman–Crippen MR) is 148 cm³/mol. The monoisotopic (exact) mass is 589 g/mol. The lowest BCUT2D eigenvalue weighted by atomic mass is 9.87. The predicted octanol–water partition coefficient (Wildman–Crippen LogP) is 1.08. The summed E-state index contributed by atoms with van der Waals surface area (Å²) in [5.41, 5.74) is 9.16. The molecule has 7 heterocycles. The van der Waals surface area contributed by atoms with Crippen molar-refractivity contribution in [3.05, 3.63) is 59.8 Å². The van der Waals surface area contributed by atoms with Crippen molar-refractivity contribution in [3.63, 3.8) is 0 Å². The van der Waals surface area contributed by atoms with Crippen molar-refractivity contribution in [3.8, 4) is 22.5 Å². The number of piperidine rings is 1. The number of aromatic nitrogens is 9. The fourth-order valence-corrected chi connectivity index (χ4v) is 7.49. The van der Waals surface area contributed by atoms with Gasteiger partial charge in [0.1, 0.15) is 17.0 Å². The summed E-state index contributed by atoms with van der Waals surface area (Å²) in [6.07, 6.45) is 9.77. The van der Waals surface area contributed by atoms with E-state index in [1.54, 1.807) is 36.1 Å². The zero-order valence-electron chi connectivity index (χ0n) is 22.7. The highest BCUT2D eigenvalue weighted by molar-refractivity contribution is 7.91. The van der Waals surface area contributed by atoms with Gasteiger partial charge in [0, 0.05) is 43.6 Å². The van der Waals surface area contributed by atoms with Crippen LogP contribution in [0.25, 0.3) is 28.2 Å². The molecular weight excluding hydrogens is 562 g/mol. The Morgan fingerprint density at radius 3 is 2.57 bits per heavy atom. The third-order valence-corrected chi connectivity index (χ3v) is 9.37. The van der Waals surface area contributed by atoms with Gasteiger partial charge in [-0.15, -0.1) is 10.2 Å². The number of fused-ring (bicyclic) bond motifs is 3. The number of anilines is 1. The van der Waals surface area contributed by atoms with Gasteiger partial charge in [-0.05, 0) is 37.8 Å². The number of nitrogens with two attached hydrogens (primary N) is 1. The van der Waals surface area contributed by atoms with E-state index < -0.39 is 9.84 Å². The van der Waals surface area contributed by atoms with Gasteiger partial charge >= 0.3 is 0 Å². The molecule has 2 aliphatic rings. The average molecular weight is 590 g/mol. The van der Waals surface area contributed by atoms with Gasteiger partial charge < -0.3 is 20.8 Å². The zero-order chi connectivity index (χ0) is 29.3. The molecule has 15 nitrogen and oxygen atoms in total. The first-order valence-corrected chi connectivity index (χ1v) is 15.3. The van der Waals surface area contributed by atoms with Crippen LogP contribution in [0.4, 0.5) is 5.82 Å². The number of hydrogen-bond acceptors (Lipinski definition) is 10. The lowest BCUT2D eigenvalue weighted by molar-refractivity contribution is -0.593. The number of carbonyl (C=O) groups excluding carboxylic acids is 1. The normalized spacial score (nSPS) is 20.4. The molecular formula is C26H27N11O4S. The van der Waals surface area contributed by atoms with Gasteiger partial charge in [-0.2, -0.15) is 19.4 Å². The molecule has 0 unspecified atom stereocenters. The number of rotatable bonds is 5. The maximum atomic E-state index is 13.1. The van der Waals surface area contributed by atoms with Crippen molar-refractivity contribution < 1.29 is 17.9 Å². The van der Waals surface area contributed by atoms with Crippen LogP contribution in [0.15, 0.2) is 48.0 Å². The summed E-state index contributed by atoms with van der Waals surface area (Å²) < 4.78 is 29.8. The average Bonchev–Trinajstić information content (AvgIpc) is 3.74. The first-order chi connectivity index (χ1) is 20.1. The number of pyridine rings is 1. The van der Waals surface area contributed by atoms with Crippen molar-refractivity contribution in [2.45, 2.75) is 48.6 Å². The van der Waals surface area contributed by atoms with Crippen LogP contribution in [-0.2, 0) is 16.9 Å². The highest BCUT2D eigenvalue weighted by Crippen LogP contribution is 2.45. The first-order valence-electron chi connectivity index (χ1n) is 13.4. The van der Waals surface area contributed by atoms with Crippen molar-refractivity contribution in [2.75, 3.05) is 12.0 Å². The number of aryl methyl sites for hydroxylation is 1.